The molecule has 2 rings (SSSR count). The smallest absolute Gasteiger partial charge is 0.319 e. The summed E-state index contributed by atoms with van der Waals surface area (Å²) >= 11 is 9.32. The van der Waals surface area contributed by atoms with Crippen LogP contribution in [0.3, 0.4) is 0 Å². The number of carbonyl (C=O) groups excluding carboxylic acids is 2. The Morgan fingerprint density at radius 2 is 1.76 bits per heavy atom. The van der Waals surface area contributed by atoms with Gasteiger partial charge < -0.3 is 20.7 Å². The van der Waals surface area contributed by atoms with Crippen LogP contribution in [0.15, 0.2) is 46.9 Å². The van der Waals surface area contributed by atoms with Crippen LogP contribution in [-0.2, 0) is 4.79 Å². The van der Waals surface area contributed by atoms with Crippen LogP contribution in [0.2, 0.25) is 5.02 Å². The molecule has 0 saturated carbocycles. The number of methoxy groups -OCH3 is 1. The molecule has 6 nitrogen and oxygen atoms in total. The molecule has 0 atom stereocenters. The van der Waals surface area contributed by atoms with Crippen LogP contribution in [0.5, 0.6) is 5.75 Å². The molecule has 0 unspecified atom stereocenters. The molecule has 0 bridgehead atoms. The van der Waals surface area contributed by atoms with Gasteiger partial charge in [0.1, 0.15) is 5.75 Å². The summed E-state index contributed by atoms with van der Waals surface area (Å²) < 4.78 is 5.97. The van der Waals surface area contributed by atoms with Gasteiger partial charge in [-0.1, -0.05) is 27.5 Å². The van der Waals surface area contributed by atoms with Crippen LogP contribution >= 0.6 is 27.5 Å². The van der Waals surface area contributed by atoms with Gasteiger partial charge in [0.15, 0.2) is 0 Å². The highest BCUT2D eigenvalue weighted by atomic mass is 79.9. The second-order valence-electron chi connectivity index (χ2n) is 5.04. The number of nitrogens with one attached hydrogen (secondary N) is 3. The van der Waals surface area contributed by atoms with Crippen molar-refractivity contribution < 1.29 is 14.3 Å². The molecule has 0 aliphatic heterocycles. The van der Waals surface area contributed by atoms with E-state index in [9.17, 15) is 9.59 Å². The molecule has 0 aliphatic rings. The van der Waals surface area contributed by atoms with Crippen molar-refractivity contribution in [2.75, 3.05) is 24.3 Å². The third-order valence-corrected chi connectivity index (χ3v) is 4.00. The van der Waals surface area contributed by atoms with Crippen LogP contribution in [-0.4, -0.2) is 25.6 Å². The number of hydrogen-bond donors (Lipinski definition) is 3. The lowest BCUT2D eigenvalue weighted by Crippen LogP contribution is -2.31. The van der Waals surface area contributed by atoms with Crippen LogP contribution in [0, 0.1) is 0 Å². The van der Waals surface area contributed by atoms with Crippen molar-refractivity contribution in [2.45, 2.75) is 6.42 Å². The maximum Gasteiger partial charge on any atom is 0.319 e. The zero-order chi connectivity index (χ0) is 18.2. The van der Waals surface area contributed by atoms with Gasteiger partial charge in [0, 0.05) is 28.8 Å². The number of anilines is 2. The van der Waals surface area contributed by atoms with Gasteiger partial charge in [-0.15, -0.1) is 0 Å². The molecule has 8 heteroatoms. The van der Waals surface area contributed by atoms with Gasteiger partial charge in [-0.2, -0.15) is 0 Å². The fourth-order valence-electron chi connectivity index (χ4n) is 1.97. The Balaban J connectivity index is 1.73. The molecule has 0 aliphatic carbocycles. The lowest BCUT2D eigenvalue weighted by atomic mass is 10.3. The van der Waals surface area contributed by atoms with Gasteiger partial charge in [0.2, 0.25) is 5.91 Å². The Labute approximate surface area is 159 Å². The molecular weight excluding hydrogens is 410 g/mol. The first-order valence-corrected chi connectivity index (χ1v) is 8.59. The summed E-state index contributed by atoms with van der Waals surface area (Å²) in [6.07, 6.45) is 0.136. The molecule has 0 saturated heterocycles. The van der Waals surface area contributed by atoms with Crippen molar-refractivity contribution in [3.05, 3.63) is 52.0 Å². The number of rotatable bonds is 6. The summed E-state index contributed by atoms with van der Waals surface area (Å²) in [5.74, 6) is 0.302. The third-order valence-electron chi connectivity index (χ3n) is 3.18. The molecule has 25 heavy (non-hydrogen) atoms. The van der Waals surface area contributed by atoms with Gasteiger partial charge in [-0.05, 0) is 42.5 Å². The van der Waals surface area contributed by atoms with Crippen molar-refractivity contribution in [3.63, 3.8) is 0 Å². The summed E-state index contributed by atoms with van der Waals surface area (Å²) in [7, 11) is 1.52. The summed E-state index contributed by atoms with van der Waals surface area (Å²) in [6.45, 7) is 0.206. The lowest BCUT2D eigenvalue weighted by molar-refractivity contribution is -0.116. The lowest BCUT2D eigenvalue weighted by Gasteiger charge is -2.09. The highest BCUT2D eigenvalue weighted by molar-refractivity contribution is 9.10. The van der Waals surface area contributed by atoms with E-state index in [1.165, 1.54) is 7.11 Å². The number of urea groups is 1. The van der Waals surface area contributed by atoms with Crippen LogP contribution < -0.4 is 20.7 Å². The fourth-order valence-corrected chi connectivity index (χ4v) is 2.49. The predicted molar refractivity (Wildman–Crippen MR) is 102 cm³/mol. The van der Waals surface area contributed by atoms with Crippen molar-refractivity contribution in [1.29, 1.82) is 0 Å². The second kappa shape index (κ2) is 9.29. The zero-order valence-electron chi connectivity index (χ0n) is 13.4. The number of ether oxygens (including phenoxy) is 1. The van der Waals surface area contributed by atoms with Gasteiger partial charge in [-0.3, -0.25) is 4.79 Å². The minimum atomic E-state index is -0.373. The van der Waals surface area contributed by atoms with E-state index in [-0.39, 0.29) is 24.9 Å². The molecule has 0 spiro atoms. The minimum absolute atomic E-state index is 0.136. The average molecular weight is 427 g/mol. The predicted octanol–water partition coefficient (Wildman–Crippen LogP) is 4.26. The standard InChI is InChI=1S/C17H17BrClN3O3/c1-25-15-7-6-13(10-14(15)19)21-16(23)8-9-20-17(24)22-12-4-2-11(18)3-5-12/h2-7,10H,8-9H2,1H3,(H,21,23)(H2,20,22,24). The van der Waals surface area contributed by atoms with Crippen LogP contribution in [0.25, 0.3) is 0 Å². The first-order valence-electron chi connectivity index (χ1n) is 7.42. The first kappa shape index (κ1) is 19.1. The summed E-state index contributed by atoms with van der Waals surface area (Å²) in [6, 6.07) is 11.8. The summed E-state index contributed by atoms with van der Waals surface area (Å²) in [4.78, 5) is 23.6. The van der Waals surface area contributed by atoms with Crippen molar-refractivity contribution in [2.24, 2.45) is 0 Å². The number of carbonyl (C=O) groups is 2. The van der Waals surface area contributed by atoms with E-state index >= 15 is 0 Å². The van der Waals surface area contributed by atoms with Crippen molar-refractivity contribution >= 4 is 50.8 Å². The van der Waals surface area contributed by atoms with Crippen molar-refractivity contribution in [3.8, 4) is 5.75 Å². The van der Waals surface area contributed by atoms with Crippen LogP contribution in [0.4, 0.5) is 16.2 Å². The maximum absolute atomic E-state index is 11.9. The topological polar surface area (TPSA) is 79.5 Å². The molecule has 0 fully saturated rings. The van der Waals surface area contributed by atoms with E-state index in [0.29, 0.717) is 22.1 Å². The SMILES string of the molecule is COc1ccc(NC(=O)CCNC(=O)Nc2ccc(Br)cc2)cc1Cl. The maximum atomic E-state index is 11.9. The number of hydrogen-bond acceptors (Lipinski definition) is 3. The van der Waals surface area contributed by atoms with E-state index in [1.54, 1.807) is 30.3 Å². The minimum Gasteiger partial charge on any atom is -0.495 e. The number of benzene rings is 2. The Morgan fingerprint density at radius 1 is 1.08 bits per heavy atom. The van der Waals surface area contributed by atoms with Crippen molar-refractivity contribution in [1.82, 2.24) is 5.32 Å². The van der Waals surface area contributed by atoms with E-state index in [0.717, 1.165) is 4.47 Å². The molecular formula is C17H17BrClN3O3. The normalized spacial score (nSPS) is 10.0. The van der Waals surface area contributed by atoms with E-state index in [2.05, 4.69) is 31.9 Å². The Kier molecular flexibility index (Phi) is 7.09. The first-order chi connectivity index (χ1) is 12.0. The van der Waals surface area contributed by atoms with E-state index in [1.807, 2.05) is 12.1 Å². The molecule has 2 aromatic rings. The summed E-state index contributed by atoms with van der Waals surface area (Å²) in [5.41, 5.74) is 1.23. The summed E-state index contributed by atoms with van der Waals surface area (Å²) in [5, 5.41) is 8.42. The monoisotopic (exact) mass is 425 g/mol. The Bertz CT molecular complexity index is 753. The van der Waals surface area contributed by atoms with E-state index in [4.69, 9.17) is 16.3 Å². The van der Waals surface area contributed by atoms with Gasteiger partial charge in [0.05, 0.1) is 12.1 Å². The van der Waals surface area contributed by atoms with Gasteiger partial charge in [-0.25, -0.2) is 4.79 Å². The third kappa shape index (κ3) is 6.28. The average Bonchev–Trinajstić information content (AvgIpc) is 2.57. The second-order valence-corrected chi connectivity index (χ2v) is 6.36. The molecule has 132 valence electrons. The molecule has 3 amide bonds. The molecule has 0 aromatic heterocycles. The zero-order valence-corrected chi connectivity index (χ0v) is 15.8. The molecule has 0 heterocycles. The number of amides is 3. The Morgan fingerprint density at radius 3 is 2.40 bits per heavy atom. The highest BCUT2D eigenvalue weighted by Gasteiger charge is 2.07. The molecule has 2 aromatic carbocycles. The largest absolute Gasteiger partial charge is 0.495 e. The van der Waals surface area contributed by atoms with Gasteiger partial charge >= 0.3 is 6.03 Å². The molecule has 0 radical (unpaired) electrons. The molecule has 3 N–H and O–H groups in total. The van der Waals surface area contributed by atoms with E-state index < -0.39 is 0 Å². The highest BCUT2D eigenvalue weighted by Crippen LogP contribution is 2.27. The quantitative estimate of drug-likeness (QED) is 0.645. The fraction of sp³-hybridized carbons (Fsp3) is 0.176. The van der Waals surface area contributed by atoms with Crippen LogP contribution in [0.1, 0.15) is 6.42 Å². The Hall–Kier alpha value is -2.25. The van der Waals surface area contributed by atoms with Gasteiger partial charge in [0.25, 0.3) is 0 Å². The number of halogens is 2.